The first-order valence-electron chi connectivity index (χ1n) is 8.50. The summed E-state index contributed by atoms with van der Waals surface area (Å²) in [5, 5.41) is 4.24. The molecule has 2 aromatic heterocycles. The molecule has 1 saturated heterocycles. The fourth-order valence-electron chi connectivity index (χ4n) is 3.09. The molecule has 0 unspecified atom stereocenters. The van der Waals surface area contributed by atoms with Crippen molar-refractivity contribution in [3.63, 3.8) is 0 Å². The van der Waals surface area contributed by atoms with E-state index in [-0.39, 0.29) is 5.91 Å². The van der Waals surface area contributed by atoms with Gasteiger partial charge >= 0.3 is 0 Å². The van der Waals surface area contributed by atoms with Gasteiger partial charge in [-0.2, -0.15) is 0 Å². The number of fused-ring (bicyclic) bond motifs is 1. The standard InChI is InChI=1S/C19H19N5O/c25-17-5-1-2-11-24(17)15-8-6-14(7-9-15)12-21-19-16-4-3-10-20-18(16)22-13-23-19/h3-4,6-10,13H,1-2,5,11-12H2,(H,20,21,22,23). The van der Waals surface area contributed by atoms with E-state index >= 15 is 0 Å². The van der Waals surface area contributed by atoms with Crippen LogP contribution in [0.4, 0.5) is 11.5 Å². The zero-order valence-corrected chi connectivity index (χ0v) is 13.9. The summed E-state index contributed by atoms with van der Waals surface area (Å²) >= 11 is 0. The van der Waals surface area contributed by atoms with Crippen LogP contribution >= 0.6 is 0 Å². The van der Waals surface area contributed by atoms with Crippen molar-refractivity contribution in [2.75, 3.05) is 16.8 Å². The fraction of sp³-hybridized carbons (Fsp3) is 0.263. The van der Waals surface area contributed by atoms with Crippen LogP contribution in [0.2, 0.25) is 0 Å². The maximum absolute atomic E-state index is 12.0. The lowest BCUT2D eigenvalue weighted by Gasteiger charge is -2.26. The molecule has 1 aliphatic heterocycles. The number of carbonyl (C=O) groups is 1. The first-order valence-corrected chi connectivity index (χ1v) is 8.50. The number of rotatable bonds is 4. The Morgan fingerprint density at radius 2 is 1.92 bits per heavy atom. The minimum Gasteiger partial charge on any atom is -0.365 e. The number of hydrogen-bond donors (Lipinski definition) is 1. The van der Waals surface area contributed by atoms with Crippen LogP contribution in [-0.2, 0) is 11.3 Å². The first kappa shape index (κ1) is 15.5. The van der Waals surface area contributed by atoms with Crippen molar-refractivity contribution in [1.82, 2.24) is 15.0 Å². The molecule has 1 aliphatic rings. The van der Waals surface area contributed by atoms with Crippen molar-refractivity contribution in [2.45, 2.75) is 25.8 Å². The molecule has 0 bridgehead atoms. The zero-order chi connectivity index (χ0) is 17.1. The maximum atomic E-state index is 12.0. The van der Waals surface area contributed by atoms with Crippen molar-refractivity contribution < 1.29 is 4.79 Å². The monoisotopic (exact) mass is 333 g/mol. The van der Waals surface area contributed by atoms with Crippen molar-refractivity contribution in [3.05, 3.63) is 54.5 Å². The second-order valence-corrected chi connectivity index (χ2v) is 6.12. The molecule has 1 amide bonds. The van der Waals surface area contributed by atoms with Crippen molar-refractivity contribution in [2.24, 2.45) is 0 Å². The van der Waals surface area contributed by atoms with Gasteiger partial charge in [0.15, 0.2) is 5.65 Å². The van der Waals surface area contributed by atoms with Gasteiger partial charge in [0.05, 0.1) is 5.39 Å². The van der Waals surface area contributed by atoms with Crippen molar-refractivity contribution in [1.29, 1.82) is 0 Å². The van der Waals surface area contributed by atoms with Crippen LogP contribution in [0.1, 0.15) is 24.8 Å². The number of anilines is 2. The van der Waals surface area contributed by atoms with E-state index in [0.717, 1.165) is 41.8 Å². The second kappa shape index (κ2) is 6.84. The maximum Gasteiger partial charge on any atom is 0.226 e. The van der Waals surface area contributed by atoms with Gasteiger partial charge < -0.3 is 10.2 Å². The van der Waals surface area contributed by atoms with Crippen LogP contribution in [0, 0.1) is 0 Å². The van der Waals surface area contributed by atoms with Gasteiger partial charge in [0.1, 0.15) is 12.1 Å². The fourth-order valence-corrected chi connectivity index (χ4v) is 3.09. The molecule has 3 heterocycles. The molecular weight excluding hydrogens is 314 g/mol. The minimum absolute atomic E-state index is 0.220. The third-order valence-corrected chi connectivity index (χ3v) is 4.44. The van der Waals surface area contributed by atoms with Crippen LogP contribution in [-0.4, -0.2) is 27.4 Å². The Balaban J connectivity index is 1.47. The van der Waals surface area contributed by atoms with Gasteiger partial charge in [0.2, 0.25) is 5.91 Å². The lowest BCUT2D eigenvalue weighted by Crippen LogP contribution is -2.35. The van der Waals surface area contributed by atoms with Crippen LogP contribution in [0.25, 0.3) is 11.0 Å². The number of amides is 1. The second-order valence-electron chi connectivity index (χ2n) is 6.12. The molecule has 0 radical (unpaired) electrons. The lowest BCUT2D eigenvalue weighted by atomic mass is 10.1. The minimum atomic E-state index is 0.220. The van der Waals surface area contributed by atoms with E-state index in [4.69, 9.17) is 0 Å². The van der Waals surface area contributed by atoms with E-state index in [2.05, 4.69) is 20.3 Å². The third-order valence-electron chi connectivity index (χ3n) is 4.44. The molecule has 6 heteroatoms. The number of benzene rings is 1. The van der Waals surface area contributed by atoms with Crippen LogP contribution < -0.4 is 10.2 Å². The average molecular weight is 333 g/mol. The summed E-state index contributed by atoms with van der Waals surface area (Å²) in [5.41, 5.74) is 2.79. The number of hydrogen-bond acceptors (Lipinski definition) is 5. The molecule has 1 N–H and O–H groups in total. The largest absolute Gasteiger partial charge is 0.365 e. The normalized spacial score (nSPS) is 14.7. The van der Waals surface area contributed by atoms with Crippen LogP contribution in [0.5, 0.6) is 0 Å². The third kappa shape index (κ3) is 3.28. The number of aromatic nitrogens is 3. The summed E-state index contributed by atoms with van der Waals surface area (Å²) in [7, 11) is 0. The number of carbonyl (C=O) groups excluding carboxylic acids is 1. The van der Waals surface area contributed by atoms with E-state index in [9.17, 15) is 4.79 Å². The molecular formula is C19H19N5O. The molecule has 0 aliphatic carbocycles. The van der Waals surface area contributed by atoms with Gasteiger partial charge in [-0.1, -0.05) is 12.1 Å². The first-order chi connectivity index (χ1) is 12.3. The SMILES string of the molecule is O=C1CCCCN1c1ccc(CNc2ncnc3ncccc23)cc1. The molecule has 1 fully saturated rings. The number of pyridine rings is 1. The molecule has 0 atom stereocenters. The molecule has 25 heavy (non-hydrogen) atoms. The Bertz CT molecular complexity index is 888. The quantitative estimate of drug-likeness (QED) is 0.794. The zero-order valence-electron chi connectivity index (χ0n) is 13.9. The molecule has 6 nitrogen and oxygen atoms in total. The highest BCUT2D eigenvalue weighted by atomic mass is 16.2. The molecule has 1 aromatic carbocycles. The Morgan fingerprint density at radius 3 is 2.76 bits per heavy atom. The average Bonchev–Trinajstić information content (AvgIpc) is 2.67. The predicted molar refractivity (Wildman–Crippen MR) is 97.3 cm³/mol. The highest BCUT2D eigenvalue weighted by Gasteiger charge is 2.19. The van der Waals surface area contributed by atoms with Crippen molar-refractivity contribution >= 4 is 28.4 Å². The van der Waals surface area contributed by atoms with E-state index in [1.807, 2.05) is 41.3 Å². The lowest BCUT2D eigenvalue weighted by molar-refractivity contribution is -0.119. The molecule has 0 spiro atoms. The van der Waals surface area contributed by atoms with E-state index in [1.54, 1.807) is 6.20 Å². The van der Waals surface area contributed by atoms with Crippen LogP contribution in [0.3, 0.4) is 0 Å². The van der Waals surface area contributed by atoms with Gasteiger partial charge in [-0.15, -0.1) is 0 Å². The summed E-state index contributed by atoms with van der Waals surface area (Å²) in [4.78, 5) is 26.6. The Morgan fingerprint density at radius 1 is 1.04 bits per heavy atom. The highest BCUT2D eigenvalue weighted by Crippen LogP contribution is 2.22. The van der Waals surface area contributed by atoms with Gasteiger partial charge in [-0.05, 0) is 42.7 Å². The van der Waals surface area contributed by atoms with E-state index in [1.165, 1.54) is 6.33 Å². The molecule has 3 aromatic rings. The molecule has 126 valence electrons. The Hall–Kier alpha value is -3.02. The summed E-state index contributed by atoms with van der Waals surface area (Å²) < 4.78 is 0. The summed E-state index contributed by atoms with van der Waals surface area (Å²) in [6.45, 7) is 1.46. The number of nitrogens with zero attached hydrogens (tertiary/aromatic N) is 4. The topological polar surface area (TPSA) is 71.0 Å². The molecule has 4 rings (SSSR count). The molecule has 0 saturated carbocycles. The van der Waals surface area contributed by atoms with Gasteiger partial charge in [0, 0.05) is 31.4 Å². The van der Waals surface area contributed by atoms with E-state index < -0.39 is 0 Å². The highest BCUT2D eigenvalue weighted by molar-refractivity contribution is 5.94. The Kier molecular flexibility index (Phi) is 4.24. The van der Waals surface area contributed by atoms with Crippen molar-refractivity contribution in [3.8, 4) is 0 Å². The number of nitrogens with one attached hydrogen (secondary N) is 1. The predicted octanol–water partition coefficient (Wildman–Crippen LogP) is 3.15. The van der Waals surface area contributed by atoms with Gasteiger partial charge in [0.25, 0.3) is 0 Å². The van der Waals surface area contributed by atoms with E-state index in [0.29, 0.717) is 18.6 Å². The number of piperidine rings is 1. The van der Waals surface area contributed by atoms with Crippen LogP contribution in [0.15, 0.2) is 48.9 Å². The summed E-state index contributed by atoms with van der Waals surface area (Å²) in [6, 6.07) is 12.0. The smallest absolute Gasteiger partial charge is 0.226 e. The summed E-state index contributed by atoms with van der Waals surface area (Å²) in [6.07, 6.45) is 5.96. The van der Waals surface area contributed by atoms with Gasteiger partial charge in [-0.25, -0.2) is 15.0 Å². The summed E-state index contributed by atoms with van der Waals surface area (Å²) in [5.74, 6) is 0.991. The van der Waals surface area contributed by atoms with Gasteiger partial charge in [-0.3, -0.25) is 4.79 Å². The Labute approximate surface area is 145 Å².